The second-order valence-corrected chi connectivity index (χ2v) is 4.83. The Morgan fingerprint density at radius 3 is 2.63 bits per heavy atom. The van der Waals surface area contributed by atoms with Crippen LogP contribution in [0.25, 0.3) is 16.7 Å². The molecule has 0 atom stereocenters. The molecule has 0 saturated carbocycles. The zero-order valence-corrected chi connectivity index (χ0v) is 11.1. The normalized spacial score (nSPS) is 11.1. The summed E-state index contributed by atoms with van der Waals surface area (Å²) in [5, 5.41) is 9.45. The van der Waals surface area contributed by atoms with Crippen LogP contribution in [-0.4, -0.2) is 14.7 Å². The van der Waals surface area contributed by atoms with Crippen LogP contribution in [0.4, 0.5) is 0 Å². The van der Waals surface area contributed by atoms with Gasteiger partial charge < -0.3 is 5.11 Å². The van der Waals surface area contributed by atoms with Gasteiger partial charge in [0, 0.05) is 5.56 Å². The van der Waals surface area contributed by atoms with E-state index < -0.39 is 0 Å². The molecule has 0 bridgehead atoms. The van der Waals surface area contributed by atoms with Gasteiger partial charge in [-0.15, -0.1) is 0 Å². The van der Waals surface area contributed by atoms with Crippen molar-refractivity contribution in [1.82, 2.24) is 9.55 Å². The van der Waals surface area contributed by atoms with E-state index in [9.17, 15) is 5.11 Å². The van der Waals surface area contributed by atoms with Gasteiger partial charge in [0.2, 0.25) is 0 Å². The smallest absolute Gasteiger partial charge is 0.100 e. The molecule has 1 N–H and O–H groups in total. The molecular formula is C16H16N2O. The minimum atomic E-state index is 0.0285. The van der Waals surface area contributed by atoms with Crippen molar-refractivity contribution in [3.63, 3.8) is 0 Å². The van der Waals surface area contributed by atoms with Gasteiger partial charge >= 0.3 is 0 Å². The largest absolute Gasteiger partial charge is 0.392 e. The highest BCUT2D eigenvalue weighted by molar-refractivity contribution is 5.79. The molecule has 19 heavy (non-hydrogen) atoms. The molecule has 2 aromatic carbocycles. The maximum Gasteiger partial charge on any atom is 0.100 e. The summed E-state index contributed by atoms with van der Waals surface area (Å²) in [4.78, 5) is 4.45. The summed E-state index contributed by atoms with van der Waals surface area (Å²) >= 11 is 0. The van der Waals surface area contributed by atoms with Crippen LogP contribution in [0.5, 0.6) is 0 Å². The first-order valence-electron chi connectivity index (χ1n) is 6.34. The maximum absolute atomic E-state index is 9.45. The standard InChI is InChI=1S/C16H16N2O/c1-11-7-14-16(8-12(11)2)18(10-17-14)15-6-4-3-5-13(15)9-19/h3-8,10,19H,9H2,1-2H3. The van der Waals surface area contributed by atoms with Gasteiger partial charge in [0.05, 0.1) is 23.3 Å². The fourth-order valence-corrected chi connectivity index (χ4v) is 2.34. The Morgan fingerprint density at radius 1 is 1.11 bits per heavy atom. The predicted molar refractivity (Wildman–Crippen MR) is 76.5 cm³/mol. The summed E-state index contributed by atoms with van der Waals surface area (Å²) in [6.45, 7) is 4.22. The Morgan fingerprint density at radius 2 is 1.84 bits per heavy atom. The average molecular weight is 252 g/mol. The van der Waals surface area contributed by atoms with Crippen LogP contribution in [0.15, 0.2) is 42.7 Å². The van der Waals surface area contributed by atoms with Crippen LogP contribution in [0.2, 0.25) is 0 Å². The van der Waals surface area contributed by atoms with Crippen molar-refractivity contribution in [1.29, 1.82) is 0 Å². The summed E-state index contributed by atoms with van der Waals surface area (Å²) < 4.78 is 2.04. The van der Waals surface area contributed by atoms with E-state index in [0.29, 0.717) is 0 Å². The van der Waals surface area contributed by atoms with Gasteiger partial charge in [0.15, 0.2) is 0 Å². The lowest BCUT2D eigenvalue weighted by molar-refractivity contribution is 0.281. The van der Waals surface area contributed by atoms with Crippen molar-refractivity contribution < 1.29 is 5.11 Å². The van der Waals surface area contributed by atoms with Crippen LogP contribution in [-0.2, 0) is 6.61 Å². The first-order valence-corrected chi connectivity index (χ1v) is 6.34. The molecule has 3 heteroatoms. The molecule has 0 spiro atoms. The van der Waals surface area contributed by atoms with Gasteiger partial charge in [0.25, 0.3) is 0 Å². The number of rotatable bonds is 2. The lowest BCUT2D eigenvalue weighted by atomic mass is 10.1. The summed E-state index contributed by atoms with van der Waals surface area (Å²) in [5.74, 6) is 0. The number of fused-ring (bicyclic) bond motifs is 1. The number of para-hydroxylation sites is 1. The van der Waals surface area contributed by atoms with Crippen LogP contribution in [0.1, 0.15) is 16.7 Å². The van der Waals surface area contributed by atoms with E-state index in [1.807, 2.05) is 35.2 Å². The number of hydrogen-bond donors (Lipinski definition) is 1. The van der Waals surface area contributed by atoms with Crippen LogP contribution in [0.3, 0.4) is 0 Å². The third kappa shape index (κ3) is 1.92. The van der Waals surface area contributed by atoms with Gasteiger partial charge in [-0.05, 0) is 43.2 Å². The predicted octanol–water partition coefficient (Wildman–Crippen LogP) is 3.13. The first-order chi connectivity index (χ1) is 9.20. The summed E-state index contributed by atoms with van der Waals surface area (Å²) in [6.07, 6.45) is 1.82. The number of imidazole rings is 1. The molecule has 0 aliphatic rings. The highest BCUT2D eigenvalue weighted by atomic mass is 16.3. The van der Waals surface area contributed by atoms with Crippen LogP contribution >= 0.6 is 0 Å². The van der Waals surface area contributed by atoms with Crippen molar-refractivity contribution in [2.75, 3.05) is 0 Å². The number of benzene rings is 2. The lowest BCUT2D eigenvalue weighted by Gasteiger charge is -2.10. The van der Waals surface area contributed by atoms with Gasteiger partial charge in [0.1, 0.15) is 6.33 Å². The second-order valence-electron chi connectivity index (χ2n) is 4.83. The maximum atomic E-state index is 9.45. The van der Waals surface area contributed by atoms with Crippen molar-refractivity contribution in [2.45, 2.75) is 20.5 Å². The molecule has 0 unspecified atom stereocenters. The molecule has 0 amide bonds. The molecule has 3 aromatic rings. The highest BCUT2D eigenvalue weighted by Gasteiger charge is 2.09. The molecule has 1 aromatic heterocycles. The Labute approximate surface area is 112 Å². The quantitative estimate of drug-likeness (QED) is 0.761. The second kappa shape index (κ2) is 4.52. The molecule has 3 nitrogen and oxygen atoms in total. The molecule has 0 aliphatic heterocycles. The van der Waals surface area contributed by atoms with Crippen molar-refractivity contribution in [3.8, 4) is 5.69 Å². The third-order valence-corrected chi connectivity index (χ3v) is 3.58. The fourth-order valence-electron chi connectivity index (χ4n) is 2.34. The van der Waals surface area contributed by atoms with Crippen LogP contribution in [0, 0.1) is 13.8 Å². The molecule has 0 aliphatic carbocycles. The SMILES string of the molecule is Cc1cc2ncn(-c3ccccc3CO)c2cc1C. The molecule has 0 radical (unpaired) electrons. The number of aliphatic hydroxyl groups excluding tert-OH is 1. The third-order valence-electron chi connectivity index (χ3n) is 3.58. The molecule has 3 rings (SSSR count). The Balaban J connectivity index is 2.28. The summed E-state index contributed by atoms with van der Waals surface area (Å²) in [7, 11) is 0. The van der Waals surface area contributed by atoms with Crippen molar-refractivity contribution >= 4 is 11.0 Å². The zero-order chi connectivity index (χ0) is 13.4. The summed E-state index contributed by atoms with van der Waals surface area (Å²) in [6, 6.07) is 12.1. The van der Waals surface area contributed by atoms with E-state index in [1.54, 1.807) is 0 Å². The van der Waals surface area contributed by atoms with E-state index in [4.69, 9.17) is 0 Å². The monoisotopic (exact) mass is 252 g/mol. The Kier molecular flexibility index (Phi) is 2.84. The summed E-state index contributed by atoms with van der Waals surface area (Å²) in [5.41, 5.74) is 6.43. The number of hydrogen-bond acceptors (Lipinski definition) is 2. The van der Waals surface area contributed by atoms with Crippen molar-refractivity contribution in [2.24, 2.45) is 0 Å². The minimum absolute atomic E-state index is 0.0285. The number of nitrogens with zero attached hydrogens (tertiary/aromatic N) is 2. The van der Waals surface area contributed by atoms with E-state index >= 15 is 0 Å². The Hall–Kier alpha value is -2.13. The topological polar surface area (TPSA) is 38.0 Å². The zero-order valence-electron chi connectivity index (χ0n) is 11.1. The minimum Gasteiger partial charge on any atom is -0.392 e. The van der Waals surface area contributed by atoms with Gasteiger partial charge in [-0.1, -0.05) is 18.2 Å². The Bertz CT molecular complexity index is 744. The number of aryl methyl sites for hydroxylation is 2. The molecule has 96 valence electrons. The number of aliphatic hydroxyl groups is 1. The van der Waals surface area contributed by atoms with Gasteiger partial charge in [-0.25, -0.2) is 4.98 Å². The van der Waals surface area contributed by atoms with E-state index in [2.05, 4.69) is 31.0 Å². The molecule has 1 heterocycles. The molecule has 0 fully saturated rings. The van der Waals surface area contributed by atoms with E-state index in [1.165, 1.54) is 11.1 Å². The van der Waals surface area contributed by atoms with Crippen LogP contribution < -0.4 is 0 Å². The number of aromatic nitrogens is 2. The molecular weight excluding hydrogens is 236 g/mol. The average Bonchev–Trinajstić information content (AvgIpc) is 2.82. The van der Waals surface area contributed by atoms with E-state index in [0.717, 1.165) is 22.3 Å². The van der Waals surface area contributed by atoms with Gasteiger partial charge in [-0.2, -0.15) is 0 Å². The van der Waals surface area contributed by atoms with Crippen molar-refractivity contribution in [3.05, 3.63) is 59.4 Å². The highest BCUT2D eigenvalue weighted by Crippen LogP contribution is 2.23. The fraction of sp³-hybridized carbons (Fsp3) is 0.188. The molecule has 0 saturated heterocycles. The first kappa shape index (κ1) is 11.9. The van der Waals surface area contributed by atoms with Gasteiger partial charge in [-0.3, -0.25) is 4.57 Å². The lowest BCUT2D eigenvalue weighted by Crippen LogP contribution is -1.98. The van der Waals surface area contributed by atoms with E-state index in [-0.39, 0.29) is 6.61 Å².